The molecule has 5 aromatic rings. The smallest absolute Gasteiger partial charge is 0.162 e. The number of pyridine rings is 4. The molecule has 7 nitrogen and oxygen atoms in total. The Labute approximate surface area is 248 Å². The highest BCUT2D eigenvalue weighted by Crippen LogP contribution is 2.20. The predicted octanol–water partition coefficient (Wildman–Crippen LogP) is 6.26. The van der Waals surface area contributed by atoms with Crippen molar-refractivity contribution in [1.82, 2.24) is 29.7 Å². The van der Waals surface area contributed by atoms with Crippen molar-refractivity contribution in [2.24, 2.45) is 0 Å². The summed E-state index contributed by atoms with van der Waals surface area (Å²) in [6.45, 7) is 5.91. The van der Waals surface area contributed by atoms with Gasteiger partial charge in [0.25, 0.3) is 0 Å². The molecular formula is C35H36N6O. The van der Waals surface area contributed by atoms with Crippen LogP contribution in [0.4, 0.5) is 0 Å². The van der Waals surface area contributed by atoms with Gasteiger partial charge in [0.05, 0.1) is 22.8 Å². The number of hydrogen-bond donors (Lipinski definition) is 0. The molecule has 0 aliphatic heterocycles. The number of carbonyl (C=O) groups is 1. The molecule has 7 heteroatoms. The zero-order valence-corrected chi connectivity index (χ0v) is 24.0. The van der Waals surface area contributed by atoms with Crippen LogP contribution in [-0.4, -0.2) is 35.5 Å². The van der Waals surface area contributed by atoms with Gasteiger partial charge in [-0.25, -0.2) is 0 Å². The van der Waals surface area contributed by atoms with Crippen molar-refractivity contribution in [3.05, 3.63) is 155 Å². The van der Waals surface area contributed by atoms with Gasteiger partial charge in [0.2, 0.25) is 0 Å². The number of hydrogen-bond acceptors (Lipinski definition) is 7. The second-order valence-corrected chi connectivity index (χ2v) is 10.4. The molecule has 0 bridgehead atoms. The Morgan fingerprint density at radius 2 is 0.881 bits per heavy atom. The van der Waals surface area contributed by atoms with Crippen LogP contribution in [0.2, 0.25) is 0 Å². The van der Waals surface area contributed by atoms with Crippen molar-refractivity contribution >= 4 is 5.78 Å². The molecule has 0 spiro atoms. The van der Waals surface area contributed by atoms with Crippen LogP contribution in [0.25, 0.3) is 0 Å². The quantitative estimate of drug-likeness (QED) is 0.149. The largest absolute Gasteiger partial charge is 0.294 e. The lowest BCUT2D eigenvalue weighted by Crippen LogP contribution is -2.25. The molecule has 0 fully saturated rings. The first kappa shape index (κ1) is 28.9. The van der Waals surface area contributed by atoms with Crippen LogP contribution >= 0.6 is 0 Å². The van der Waals surface area contributed by atoms with E-state index in [2.05, 4.69) is 35.8 Å². The zero-order chi connectivity index (χ0) is 29.0. The Balaban J connectivity index is 1.43. The highest BCUT2D eigenvalue weighted by Gasteiger charge is 2.16. The minimum atomic E-state index is 0.139. The monoisotopic (exact) mass is 556 g/mol. The minimum Gasteiger partial charge on any atom is -0.294 e. The summed E-state index contributed by atoms with van der Waals surface area (Å²) in [5, 5.41) is 0. The fourth-order valence-electron chi connectivity index (χ4n) is 5.05. The summed E-state index contributed by atoms with van der Waals surface area (Å²) >= 11 is 0. The van der Waals surface area contributed by atoms with E-state index in [1.54, 1.807) is 0 Å². The summed E-state index contributed by atoms with van der Waals surface area (Å²) < 4.78 is 0. The number of nitrogens with zero attached hydrogens (tertiary/aromatic N) is 6. The van der Waals surface area contributed by atoms with Crippen LogP contribution in [0.15, 0.2) is 116 Å². The third-order valence-corrected chi connectivity index (χ3v) is 6.96. The molecule has 0 atom stereocenters. The Morgan fingerprint density at radius 3 is 1.17 bits per heavy atom. The first-order valence-electron chi connectivity index (χ1n) is 14.3. The number of ketones is 1. The Kier molecular flexibility index (Phi) is 10.2. The number of Topliss-reactive ketones (excluding diaryl/α,β-unsaturated/α-hetero) is 1. The lowest BCUT2D eigenvalue weighted by Gasteiger charge is -2.24. The van der Waals surface area contributed by atoms with E-state index in [1.807, 2.05) is 117 Å². The third kappa shape index (κ3) is 8.70. The molecule has 0 N–H and O–H groups in total. The number of benzene rings is 1. The molecular weight excluding hydrogens is 520 g/mol. The fourth-order valence-corrected chi connectivity index (χ4v) is 5.05. The number of rotatable bonds is 14. The predicted molar refractivity (Wildman–Crippen MR) is 164 cm³/mol. The van der Waals surface area contributed by atoms with E-state index in [-0.39, 0.29) is 5.78 Å². The highest BCUT2D eigenvalue weighted by atomic mass is 16.1. The van der Waals surface area contributed by atoms with Gasteiger partial charge in [0, 0.05) is 76.0 Å². The van der Waals surface area contributed by atoms with Gasteiger partial charge in [-0.15, -0.1) is 0 Å². The van der Waals surface area contributed by atoms with E-state index < -0.39 is 0 Å². The molecule has 42 heavy (non-hydrogen) atoms. The molecule has 1 aromatic carbocycles. The van der Waals surface area contributed by atoms with Gasteiger partial charge in [-0.05, 0) is 71.8 Å². The average Bonchev–Trinajstić information content (AvgIpc) is 3.02. The van der Waals surface area contributed by atoms with Crippen molar-refractivity contribution in [2.45, 2.75) is 52.6 Å². The van der Waals surface area contributed by atoms with E-state index in [1.165, 1.54) is 0 Å². The van der Waals surface area contributed by atoms with Crippen molar-refractivity contribution in [3.8, 4) is 0 Å². The van der Waals surface area contributed by atoms with Crippen LogP contribution in [0.5, 0.6) is 0 Å². The molecule has 0 amide bonds. The molecule has 212 valence electrons. The van der Waals surface area contributed by atoms with E-state index in [9.17, 15) is 4.79 Å². The molecule has 0 unspecified atom stereocenters. The molecule has 0 aliphatic rings. The molecule has 4 aromatic heterocycles. The molecule has 4 heterocycles. The van der Waals surface area contributed by atoms with Gasteiger partial charge in [0.15, 0.2) is 5.78 Å². The van der Waals surface area contributed by atoms with Gasteiger partial charge in [-0.3, -0.25) is 34.5 Å². The van der Waals surface area contributed by atoms with Crippen molar-refractivity contribution in [3.63, 3.8) is 0 Å². The van der Waals surface area contributed by atoms with E-state index in [0.717, 1.165) is 39.5 Å². The molecule has 5 rings (SSSR count). The molecule has 0 radical (unpaired) electrons. The number of aromatic nitrogens is 4. The summed E-state index contributed by atoms with van der Waals surface area (Å²) in [4.78, 5) is 35.9. The van der Waals surface area contributed by atoms with Crippen LogP contribution in [-0.2, 0) is 39.3 Å². The van der Waals surface area contributed by atoms with Gasteiger partial charge in [-0.1, -0.05) is 37.3 Å². The van der Waals surface area contributed by atoms with Crippen molar-refractivity contribution < 1.29 is 4.79 Å². The van der Waals surface area contributed by atoms with Gasteiger partial charge in [0.1, 0.15) is 0 Å². The maximum Gasteiger partial charge on any atom is 0.162 e. The zero-order valence-electron chi connectivity index (χ0n) is 24.0. The summed E-state index contributed by atoms with van der Waals surface area (Å²) in [7, 11) is 0. The highest BCUT2D eigenvalue weighted by molar-refractivity contribution is 5.96. The third-order valence-electron chi connectivity index (χ3n) is 6.96. The topological polar surface area (TPSA) is 75.1 Å². The summed E-state index contributed by atoms with van der Waals surface area (Å²) in [6, 6.07) is 30.2. The fraction of sp³-hybridized carbons (Fsp3) is 0.229. The molecule has 0 aliphatic carbocycles. The van der Waals surface area contributed by atoms with Crippen molar-refractivity contribution in [2.75, 3.05) is 0 Å². The van der Waals surface area contributed by atoms with Gasteiger partial charge in [-0.2, -0.15) is 0 Å². The van der Waals surface area contributed by atoms with Gasteiger partial charge >= 0.3 is 0 Å². The second kappa shape index (κ2) is 14.9. The second-order valence-electron chi connectivity index (χ2n) is 10.4. The Bertz CT molecular complexity index is 1340. The first-order chi connectivity index (χ1) is 20.6. The summed E-state index contributed by atoms with van der Waals surface area (Å²) in [6.07, 6.45) is 7.75. The van der Waals surface area contributed by atoms with Crippen LogP contribution < -0.4 is 0 Å². The molecule has 0 saturated carbocycles. The SMILES string of the molecule is CCC(=O)c1cc(CN(Cc2ccccn2)Cc2ccccn2)cc(CN(Cc2ccccn2)Cc2ccccn2)c1. The van der Waals surface area contributed by atoms with Crippen LogP contribution in [0.3, 0.4) is 0 Å². The van der Waals surface area contributed by atoms with E-state index in [4.69, 9.17) is 0 Å². The van der Waals surface area contributed by atoms with Crippen molar-refractivity contribution in [1.29, 1.82) is 0 Å². The maximum atomic E-state index is 13.0. The molecule has 0 saturated heterocycles. The average molecular weight is 557 g/mol. The first-order valence-corrected chi connectivity index (χ1v) is 14.3. The minimum absolute atomic E-state index is 0.139. The summed E-state index contributed by atoms with van der Waals surface area (Å²) in [5.41, 5.74) is 6.89. The Morgan fingerprint density at radius 1 is 0.524 bits per heavy atom. The summed E-state index contributed by atoms with van der Waals surface area (Å²) in [5.74, 6) is 0.139. The lowest BCUT2D eigenvalue weighted by molar-refractivity contribution is 0.0987. The van der Waals surface area contributed by atoms with Gasteiger partial charge < -0.3 is 0 Å². The normalized spacial score (nSPS) is 11.2. The van der Waals surface area contributed by atoms with E-state index in [0.29, 0.717) is 45.7 Å². The standard InChI is InChI=1S/C35H36N6O/c1-2-35(42)30-20-28(22-40(24-31-11-3-7-15-36-31)25-32-12-4-8-16-37-32)19-29(21-30)23-41(26-33-13-5-9-17-38-33)27-34-14-6-10-18-39-34/h3-21H,2,22-27H2,1H3. The van der Waals surface area contributed by atoms with E-state index >= 15 is 0 Å². The van der Waals surface area contributed by atoms with Crippen LogP contribution in [0, 0.1) is 0 Å². The Hall–Kier alpha value is -4.59. The number of carbonyl (C=O) groups excluding carboxylic acids is 1. The van der Waals surface area contributed by atoms with Crippen LogP contribution in [0.1, 0.15) is 57.6 Å². The lowest BCUT2D eigenvalue weighted by atomic mass is 10.0. The maximum absolute atomic E-state index is 13.0.